The summed E-state index contributed by atoms with van der Waals surface area (Å²) in [5.74, 6) is -0.0361. The molecular weight excluding hydrogens is 452 g/mol. The van der Waals surface area contributed by atoms with Crippen molar-refractivity contribution in [2.24, 2.45) is 0 Å². The van der Waals surface area contributed by atoms with Crippen molar-refractivity contribution in [1.82, 2.24) is 4.57 Å². The Kier molecular flexibility index (Phi) is 6.80. The SMILES string of the molecule is CCc1ccc(C(=O)c2cn(CC(=O)Nc3ccc(OC)cc3)c3ccc(Cl)cc3c2=O)cc1. The molecule has 1 amide bonds. The molecule has 6 nitrogen and oxygen atoms in total. The van der Waals surface area contributed by atoms with Crippen LogP contribution in [0.1, 0.15) is 28.4 Å². The third-order valence-corrected chi connectivity index (χ3v) is 5.83. The molecule has 0 aliphatic heterocycles. The number of hydrogen-bond acceptors (Lipinski definition) is 4. The quantitative estimate of drug-likeness (QED) is 0.378. The van der Waals surface area contributed by atoms with Gasteiger partial charge in [0, 0.05) is 27.9 Å². The maximum atomic E-state index is 13.2. The zero-order valence-corrected chi connectivity index (χ0v) is 19.6. The van der Waals surface area contributed by atoms with Crippen molar-refractivity contribution in [3.05, 3.63) is 105 Å². The van der Waals surface area contributed by atoms with Gasteiger partial charge in [0.2, 0.25) is 11.3 Å². The van der Waals surface area contributed by atoms with Crippen LogP contribution in [0.4, 0.5) is 5.69 Å². The van der Waals surface area contributed by atoms with Crippen LogP contribution in [0, 0.1) is 0 Å². The molecule has 0 unspecified atom stereocenters. The third kappa shape index (κ3) is 4.87. The fraction of sp³-hybridized carbons (Fsp3) is 0.148. The van der Waals surface area contributed by atoms with Crippen molar-refractivity contribution in [1.29, 1.82) is 0 Å². The number of aryl methyl sites for hydroxylation is 1. The molecule has 0 aliphatic rings. The molecule has 4 aromatic rings. The fourth-order valence-electron chi connectivity index (χ4n) is 3.74. The van der Waals surface area contributed by atoms with Gasteiger partial charge in [0.05, 0.1) is 18.2 Å². The first-order valence-electron chi connectivity index (χ1n) is 10.8. The Labute approximate surface area is 201 Å². The number of amides is 1. The van der Waals surface area contributed by atoms with E-state index in [4.69, 9.17) is 16.3 Å². The number of aromatic nitrogens is 1. The van der Waals surface area contributed by atoms with Crippen molar-refractivity contribution in [2.75, 3.05) is 12.4 Å². The Hall–Kier alpha value is -3.90. The number of ether oxygens (including phenoxy) is 1. The average molecular weight is 475 g/mol. The molecule has 0 aliphatic carbocycles. The normalized spacial score (nSPS) is 10.8. The van der Waals surface area contributed by atoms with E-state index in [1.807, 2.05) is 19.1 Å². The average Bonchev–Trinajstić information content (AvgIpc) is 2.85. The Morgan fingerprint density at radius 3 is 2.35 bits per heavy atom. The smallest absolute Gasteiger partial charge is 0.244 e. The molecule has 0 saturated carbocycles. The number of ketones is 1. The van der Waals surface area contributed by atoms with E-state index in [2.05, 4.69) is 5.32 Å². The zero-order valence-electron chi connectivity index (χ0n) is 18.8. The lowest BCUT2D eigenvalue weighted by Gasteiger charge is -2.14. The first kappa shape index (κ1) is 23.3. The second-order valence-corrected chi connectivity index (χ2v) is 8.25. The molecule has 1 N–H and O–H groups in total. The summed E-state index contributed by atoms with van der Waals surface area (Å²) in [7, 11) is 1.57. The second-order valence-electron chi connectivity index (χ2n) is 7.82. The van der Waals surface area contributed by atoms with Crippen LogP contribution in [-0.4, -0.2) is 23.4 Å². The van der Waals surface area contributed by atoms with Crippen LogP contribution in [0.3, 0.4) is 0 Å². The van der Waals surface area contributed by atoms with Gasteiger partial charge in [-0.25, -0.2) is 0 Å². The predicted molar refractivity (Wildman–Crippen MR) is 134 cm³/mol. The van der Waals surface area contributed by atoms with E-state index < -0.39 is 11.2 Å². The van der Waals surface area contributed by atoms with Crippen LogP contribution in [0.5, 0.6) is 5.75 Å². The molecule has 4 rings (SSSR count). The van der Waals surface area contributed by atoms with Crippen molar-refractivity contribution >= 4 is 39.9 Å². The van der Waals surface area contributed by atoms with Gasteiger partial charge in [-0.3, -0.25) is 14.4 Å². The molecular formula is C27H23ClN2O4. The van der Waals surface area contributed by atoms with Gasteiger partial charge >= 0.3 is 0 Å². The van der Waals surface area contributed by atoms with Gasteiger partial charge < -0.3 is 14.6 Å². The summed E-state index contributed by atoms with van der Waals surface area (Å²) in [6.07, 6.45) is 2.29. The summed E-state index contributed by atoms with van der Waals surface area (Å²) < 4.78 is 6.73. The summed E-state index contributed by atoms with van der Waals surface area (Å²) in [5.41, 5.74) is 2.17. The fourth-order valence-corrected chi connectivity index (χ4v) is 3.91. The number of benzene rings is 3. The van der Waals surface area contributed by atoms with Crippen LogP contribution in [0.15, 0.2) is 77.7 Å². The number of anilines is 1. The molecule has 0 spiro atoms. The van der Waals surface area contributed by atoms with E-state index in [9.17, 15) is 14.4 Å². The largest absolute Gasteiger partial charge is 0.497 e. The van der Waals surface area contributed by atoms with Gasteiger partial charge in [-0.1, -0.05) is 42.8 Å². The van der Waals surface area contributed by atoms with E-state index in [1.165, 1.54) is 12.3 Å². The van der Waals surface area contributed by atoms with Gasteiger partial charge in [-0.2, -0.15) is 0 Å². The van der Waals surface area contributed by atoms with Crippen molar-refractivity contribution in [2.45, 2.75) is 19.9 Å². The van der Waals surface area contributed by atoms with Gasteiger partial charge in [0.15, 0.2) is 5.78 Å². The minimum atomic E-state index is -0.422. The molecule has 0 fully saturated rings. The first-order valence-corrected chi connectivity index (χ1v) is 11.2. The van der Waals surface area contributed by atoms with E-state index in [0.717, 1.165) is 12.0 Å². The summed E-state index contributed by atoms with van der Waals surface area (Å²) in [4.78, 5) is 39.2. The van der Waals surface area contributed by atoms with E-state index >= 15 is 0 Å². The van der Waals surface area contributed by atoms with Gasteiger partial charge in [0.25, 0.3) is 0 Å². The van der Waals surface area contributed by atoms with Crippen LogP contribution in [0.2, 0.25) is 5.02 Å². The van der Waals surface area contributed by atoms with Gasteiger partial charge in [-0.05, 0) is 54.4 Å². The van der Waals surface area contributed by atoms with Crippen LogP contribution < -0.4 is 15.5 Å². The van der Waals surface area contributed by atoms with E-state index in [0.29, 0.717) is 27.5 Å². The number of carbonyl (C=O) groups excluding carboxylic acids is 2. The zero-order chi connectivity index (χ0) is 24.2. The Balaban J connectivity index is 1.71. The van der Waals surface area contributed by atoms with Crippen LogP contribution >= 0.6 is 11.6 Å². The number of pyridine rings is 1. The van der Waals surface area contributed by atoms with E-state index in [-0.39, 0.29) is 23.4 Å². The maximum Gasteiger partial charge on any atom is 0.244 e. The minimum absolute atomic E-state index is 0.0173. The lowest BCUT2D eigenvalue weighted by atomic mass is 10.0. The topological polar surface area (TPSA) is 77.4 Å². The summed E-state index contributed by atoms with van der Waals surface area (Å²) in [5, 5.41) is 3.47. The molecule has 0 saturated heterocycles. The summed E-state index contributed by atoms with van der Waals surface area (Å²) in [6, 6.07) is 18.9. The lowest BCUT2D eigenvalue weighted by molar-refractivity contribution is -0.116. The number of nitrogens with zero attached hydrogens (tertiary/aromatic N) is 1. The van der Waals surface area contributed by atoms with Gasteiger partial charge in [-0.15, -0.1) is 0 Å². The number of rotatable bonds is 7. The number of halogens is 1. The molecule has 1 aromatic heterocycles. The standard InChI is InChI=1S/C27H23ClN2O4/c1-3-17-4-6-18(7-5-17)26(32)23-15-30(24-13-8-19(28)14-22(24)27(23)33)16-25(31)29-20-9-11-21(34-2)12-10-20/h4-15H,3,16H2,1-2H3,(H,29,31). The highest BCUT2D eigenvalue weighted by molar-refractivity contribution is 6.31. The lowest BCUT2D eigenvalue weighted by Crippen LogP contribution is -2.24. The number of nitrogens with one attached hydrogen (secondary N) is 1. The highest BCUT2D eigenvalue weighted by Crippen LogP contribution is 2.20. The number of fused-ring (bicyclic) bond motifs is 1. The summed E-state index contributed by atoms with van der Waals surface area (Å²) in [6.45, 7) is 1.93. The van der Waals surface area contributed by atoms with E-state index in [1.54, 1.807) is 60.2 Å². The maximum absolute atomic E-state index is 13.2. The molecule has 0 bridgehead atoms. The Morgan fingerprint density at radius 1 is 1.00 bits per heavy atom. The van der Waals surface area contributed by atoms with Crippen molar-refractivity contribution in [3.63, 3.8) is 0 Å². The van der Waals surface area contributed by atoms with Crippen LogP contribution in [-0.2, 0) is 17.8 Å². The molecule has 7 heteroatoms. The van der Waals surface area contributed by atoms with Gasteiger partial charge in [0.1, 0.15) is 12.3 Å². The second kappa shape index (κ2) is 9.93. The van der Waals surface area contributed by atoms with Crippen LogP contribution in [0.25, 0.3) is 10.9 Å². The minimum Gasteiger partial charge on any atom is -0.497 e. The molecule has 34 heavy (non-hydrogen) atoms. The molecule has 0 atom stereocenters. The number of methoxy groups -OCH3 is 1. The molecule has 3 aromatic carbocycles. The predicted octanol–water partition coefficient (Wildman–Crippen LogP) is 5.10. The highest BCUT2D eigenvalue weighted by Gasteiger charge is 2.18. The number of carbonyl (C=O) groups is 2. The molecule has 1 heterocycles. The third-order valence-electron chi connectivity index (χ3n) is 5.60. The van der Waals surface area contributed by atoms with Crippen molar-refractivity contribution < 1.29 is 14.3 Å². The number of hydrogen-bond donors (Lipinski definition) is 1. The monoisotopic (exact) mass is 474 g/mol. The van der Waals surface area contributed by atoms with Crippen molar-refractivity contribution in [3.8, 4) is 5.75 Å². The molecule has 0 radical (unpaired) electrons. The summed E-state index contributed by atoms with van der Waals surface area (Å²) >= 11 is 6.14. The Morgan fingerprint density at radius 2 is 1.71 bits per heavy atom. The Bertz CT molecular complexity index is 1420. The molecule has 172 valence electrons. The highest BCUT2D eigenvalue weighted by atomic mass is 35.5. The first-order chi connectivity index (χ1) is 16.4.